The molecule has 0 saturated heterocycles. The van der Waals surface area contributed by atoms with E-state index in [0.29, 0.717) is 19.4 Å². The number of benzene rings is 1. The Morgan fingerprint density at radius 2 is 2.20 bits per heavy atom. The molecule has 1 unspecified atom stereocenters. The number of nitrogens with zero attached hydrogens (tertiary/aromatic N) is 2. The minimum Gasteiger partial charge on any atom is -0.493 e. The third-order valence-electron chi connectivity index (χ3n) is 3.48. The maximum Gasteiger partial charge on any atom is 0.128 e. The molecule has 0 saturated carbocycles. The molecule has 2 N–H and O–H groups in total. The van der Waals surface area contributed by atoms with Crippen LogP contribution in [0.5, 0.6) is 5.75 Å². The smallest absolute Gasteiger partial charge is 0.128 e. The average Bonchev–Trinajstić information content (AvgIpc) is 2.51. The van der Waals surface area contributed by atoms with Crippen LogP contribution in [0, 0.1) is 11.3 Å². The minimum atomic E-state index is -0.732. The molecule has 2 aromatic rings. The van der Waals surface area contributed by atoms with Gasteiger partial charge in [-0.1, -0.05) is 13.0 Å². The summed E-state index contributed by atoms with van der Waals surface area (Å²) < 4.78 is 5.80. The Morgan fingerprint density at radius 3 is 2.95 bits per heavy atom. The number of ether oxygens (including phenoxy) is 1. The summed E-state index contributed by atoms with van der Waals surface area (Å²) in [7, 11) is 0. The van der Waals surface area contributed by atoms with Crippen molar-refractivity contribution >= 4 is 10.9 Å². The SMILES string of the molecule is CCC(N)(C#N)CCCOc1cccc2ncccc12. The first-order valence-corrected chi connectivity index (χ1v) is 6.85. The number of pyridine rings is 1. The molecule has 4 nitrogen and oxygen atoms in total. The van der Waals surface area contributed by atoms with Crippen molar-refractivity contribution in [3.63, 3.8) is 0 Å². The topological polar surface area (TPSA) is 71.9 Å². The second kappa shape index (κ2) is 6.36. The molecular formula is C16H19N3O. The number of aromatic nitrogens is 1. The van der Waals surface area contributed by atoms with Gasteiger partial charge in [-0.2, -0.15) is 5.26 Å². The molecular weight excluding hydrogens is 250 g/mol. The molecule has 1 aromatic carbocycles. The maximum absolute atomic E-state index is 9.02. The Balaban J connectivity index is 1.96. The molecule has 2 rings (SSSR count). The van der Waals surface area contributed by atoms with Gasteiger partial charge in [0.2, 0.25) is 0 Å². The lowest BCUT2D eigenvalue weighted by Gasteiger charge is -2.19. The standard InChI is InChI=1S/C16H19N3O/c1-2-16(18,12-17)9-5-11-20-15-8-3-7-14-13(15)6-4-10-19-14/h3-4,6-8,10H,2,5,9,11,18H2,1H3. The van der Waals surface area contributed by atoms with E-state index in [1.54, 1.807) is 6.20 Å². The largest absolute Gasteiger partial charge is 0.493 e. The van der Waals surface area contributed by atoms with Gasteiger partial charge in [0, 0.05) is 11.6 Å². The van der Waals surface area contributed by atoms with Crippen molar-refractivity contribution in [1.82, 2.24) is 4.98 Å². The summed E-state index contributed by atoms with van der Waals surface area (Å²) in [6.07, 6.45) is 3.82. The number of hydrogen-bond donors (Lipinski definition) is 1. The number of fused-ring (bicyclic) bond motifs is 1. The van der Waals surface area contributed by atoms with E-state index >= 15 is 0 Å². The van der Waals surface area contributed by atoms with Gasteiger partial charge in [-0.05, 0) is 43.5 Å². The van der Waals surface area contributed by atoms with Crippen molar-refractivity contribution in [3.8, 4) is 11.8 Å². The van der Waals surface area contributed by atoms with Crippen LogP contribution in [0.1, 0.15) is 26.2 Å². The molecule has 20 heavy (non-hydrogen) atoms. The van der Waals surface area contributed by atoms with Crippen molar-refractivity contribution < 1.29 is 4.74 Å². The zero-order valence-electron chi connectivity index (χ0n) is 11.7. The summed E-state index contributed by atoms with van der Waals surface area (Å²) in [6.45, 7) is 2.48. The van der Waals surface area contributed by atoms with Gasteiger partial charge in [0.1, 0.15) is 11.3 Å². The first-order valence-electron chi connectivity index (χ1n) is 6.85. The zero-order valence-corrected chi connectivity index (χ0v) is 11.7. The van der Waals surface area contributed by atoms with Gasteiger partial charge in [0.15, 0.2) is 0 Å². The Kier molecular flexibility index (Phi) is 4.54. The number of hydrogen-bond acceptors (Lipinski definition) is 4. The molecule has 0 radical (unpaired) electrons. The van der Waals surface area contributed by atoms with E-state index < -0.39 is 5.54 Å². The first kappa shape index (κ1) is 14.3. The summed E-state index contributed by atoms with van der Waals surface area (Å²) in [5.41, 5.74) is 6.13. The predicted octanol–water partition coefficient (Wildman–Crippen LogP) is 3.02. The van der Waals surface area contributed by atoms with E-state index in [-0.39, 0.29) is 0 Å². The summed E-state index contributed by atoms with van der Waals surface area (Å²) in [5.74, 6) is 0.826. The van der Waals surface area contributed by atoms with Crippen LogP contribution in [0.25, 0.3) is 10.9 Å². The summed E-state index contributed by atoms with van der Waals surface area (Å²) in [5, 5.41) is 10.0. The highest BCUT2D eigenvalue weighted by Gasteiger charge is 2.21. The summed E-state index contributed by atoms with van der Waals surface area (Å²) in [4.78, 5) is 4.29. The Hall–Kier alpha value is -2.12. The third kappa shape index (κ3) is 3.25. The fourth-order valence-electron chi connectivity index (χ4n) is 2.08. The molecule has 0 aliphatic rings. The second-order valence-corrected chi connectivity index (χ2v) is 4.90. The molecule has 0 amide bonds. The lowest BCUT2D eigenvalue weighted by atomic mass is 9.94. The monoisotopic (exact) mass is 269 g/mol. The van der Waals surface area contributed by atoms with Gasteiger partial charge in [0.25, 0.3) is 0 Å². The highest BCUT2D eigenvalue weighted by atomic mass is 16.5. The normalized spacial score (nSPS) is 13.7. The molecule has 0 aliphatic carbocycles. The highest BCUT2D eigenvalue weighted by molar-refractivity contribution is 5.84. The quantitative estimate of drug-likeness (QED) is 0.818. The van der Waals surface area contributed by atoms with Gasteiger partial charge >= 0.3 is 0 Å². The van der Waals surface area contributed by atoms with Gasteiger partial charge in [-0.15, -0.1) is 0 Å². The van der Waals surface area contributed by atoms with Gasteiger partial charge in [0.05, 0.1) is 18.2 Å². The molecule has 0 bridgehead atoms. The number of nitrogens with two attached hydrogens (primary N) is 1. The Labute approximate surface area is 119 Å². The third-order valence-corrected chi connectivity index (χ3v) is 3.48. The van der Waals surface area contributed by atoms with Crippen molar-refractivity contribution in [2.45, 2.75) is 31.7 Å². The van der Waals surface area contributed by atoms with Crippen LogP contribution in [0.2, 0.25) is 0 Å². The van der Waals surface area contributed by atoms with Gasteiger partial charge in [-0.3, -0.25) is 4.98 Å². The Morgan fingerprint density at radius 1 is 1.35 bits per heavy atom. The van der Waals surface area contributed by atoms with Gasteiger partial charge < -0.3 is 10.5 Å². The molecule has 4 heteroatoms. The van der Waals surface area contributed by atoms with Crippen molar-refractivity contribution in [3.05, 3.63) is 36.5 Å². The van der Waals surface area contributed by atoms with E-state index in [1.165, 1.54) is 0 Å². The number of nitriles is 1. The molecule has 1 aromatic heterocycles. The average molecular weight is 269 g/mol. The predicted molar refractivity (Wildman–Crippen MR) is 79.3 cm³/mol. The molecule has 0 aliphatic heterocycles. The molecule has 1 heterocycles. The highest BCUT2D eigenvalue weighted by Crippen LogP contribution is 2.24. The molecule has 104 valence electrons. The van der Waals surface area contributed by atoms with E-state index in [1.807, 2.05) is 37.3 Å². The minimum absolute atomic E-state index is 0.550. The summed E-state index contributed by atoms with van der Waals surface area (Å²) in [6, 6.07) is 11.9. The van der Waals surface area contributed by atoms with Crippen molar-refractivity contribution in [2.24, 2.45) is 5.73 Å². The summed E-state index contributed by atoms with van der Waals surface area (Å²) >= 11 is 0. The van der Waals surface area contributed by atoms with E-state index in [4.69, 9.17) is 15.7 Å². The second-order valence-electron chi connectivity index (χ2n) is 4.90. The van der Waals surface area contributed by atoms with E-state index in [9.17, 15) is 0 Å². The van der Waals surface area contributed by atoms with E-state index in [2.05, 4.69) is 11.1 Å². The van der Waals surface area contributed by atoms with Gasteiger partial charge in [-0.25, -0.2) is 0 Å². The first-order chi connectivity index (χ1) is 9.68. The van der Waals surface area contributed by atoms with Crippen LogP contribution >= 0.6 is 0 Å². The molecule has 0 fully saturated rings. The molecule has 1 atom stereocenters. The van der Waals surface area contributed by atoms with Crippen molar-refractivity contribution in [1.29, 1.82) is 5.26 Å². The lowest BCUT2D eigenvalue weighted by Crippen LogP contribution is -2.37. The Bertz CT molecular complexity index is 615. The molecule has 0 spiro atoms. The fourth-order valence-corrected chi connectivity index (χ4v) is 2.08. The van der Waals surface area contributed by atoms with Crippen LogP contribution in [0.3, 0.4) is 0 Å². The van der Waals surface area contributed by atoms with Crippen LogP contribution < -0.4 is 10.5 Å². The zero-order chi connectivity index (χ0) is 14.4. The van der Waals surface area contributed by atoms with Crippen LogP contribution in [-0.2, 0) is 0 Å². The van der Waals surface area contributed by atoms with Crippen LogP contribution in [0.15, 0.2) is 36.5 Å². The van der Waals surface area contributed by atoms with E-state index in [0.717, 1.165) is 23.1 Å². The van der Waals surface area contributed by atoms with Crippen LogP contribution in [0.4, 0.5) is 0 Å². The number of rotatable bonds is 6. The lowest BCUT2D eigenvalue weighted by molar-refractivity contribution is 0.294. The fraction of sp³-hybridized carbons (Fsp3) is 0.375. The van der Waals surface area contributed by atoms with Crippen LogP contribution in [-0.4, -0.2) is 17.1 Å². The van der Waals surface area contributed by atoms with Crippen molar-refractivity contribution in [2.75, 3.05) is 6.61 Å². The maximum atomic E-state index is 9.02.